The number of amides is 1. The Labute approximate surface area is 113 Å². The Bertz CT molecular complexity index is 618. The number of carbonyl (C=O) groups excluding carboxylic acids is 1. The van der Waals surface area contributed by atoms with Crippen molar-refractivity contribution in [2.75, 3.05) is 18.8 Å². The van der Waals surface area contributed by atoms with Crippen LogP contribution in [0.4, 0.5) is 5.69 Å². The highest BCUT2D eigenvalue weighted by Gasteiger charge is 2.16. The third-order valence-corrected chi connectivity index (χ3v) is 3.24. The molecule has 0 spiro atoms. The van der Waals surface area contributed by atoms with Gasteiger partial charge in [-0.1, -0.05) is 0 Å². The van der Waals surface area contributed by atoms with Gasteiger partial charge in [-0.25, -0.2) is 0 Å². The summed E-state index contributed by atoms with van der Waals surface area (Å²) < 4.78 is 0. The zero-order valence-corrected chi connectivity index (χ0v) is 11.6. The fraction of sp³-hybridized carbons (Fsp3) is 0.333. The molecule has 0 radical (unpaired) electrons. The summed E-state index contributed by atoms with van der Waals surface area (Å²) in [6.07, 6.45) is 0. The summed E-state index contributed by atoms with van der Waals surface area (Å²) in [6, 6.07) is 7.32. The highest BCUT2D eigenvalue weighted by Crippen LogP contribution is 2.22. The first-order valence-corrected chi connectivity index (χ1v) is 6.53. The van der Waals surface area contributed by atoms with Crippen LogP contribution in [0, 0.1) is 6.92 Å². The number of aryl methyl sites for hydroxylation is 1. The molecule has 2 N–H and O–H groups in total. The van der Waals surface area contributed by atoms with Gasteiger partial charge in [-0.2, -0.15) is 0 Å². The maximum absolute atomic E-state index is 12.5. The monoisotopic (exact) mass is 257 g/mol. The van der Waals surface area contributed by atoms with Gasteiger partial charge in [0.25, 0.3) is 5.91 Å². The first-order chi connectivity index (χ1) is 9.06. The summed E-state index contributed by atoms with van der Waals surface area (Å²) in [4.78, 5) is 18.8. The molecule has 0 atom stereocenters. The van der Waals surface area contributed by atoms with E-state index in [1.54, 1.807) is 11.0 Å². The number of nitrogen functional groups attached to an aromatic ring is 1. The van der Waals surface area contributed by atoms with Gasteiger partial charge in [0, 0.05) is 29.9 Å². The van der Waals surface area contributed by atoms with Crippen molar-refractivity contribution < 1.29 is 4.79 Å². The zero-order chi connectivity index (χ0) is 14.0. The van der Waals surface area contributed by atoms with Gasteiger partial charge in [0.05, 0.1) is 11.1 Å². The zero-order valence-electron chi connectivity index (χ0n) is 11.6. The van der Waals surface area contributed by atoms with E-state index >= 15 is 0 Å². The normalized spacial score (nSPS) is 10.7. The standard InChI is InChI=1S/C15H19N3O/c1-4-18(5-2)15(19)13-8-10(3)17-14-7-6-11(16)9-12(13)14/h6-9H,4-5,16H2,1-3H3. The van der Waals surface area contributed by atoms with Crippen molar-refractivity contribution in [2.45, 2.75) is 20.8 Å². The molecule has 100 valence electrons. The van der Waals surface area contributed by atoms with E-state index in [-0.39, 0.29) is 5.91 Å². The fourth-order valence-electron chi connectivity index (χ4n) is 2.23. The van der Waals surface area contributed by atoms with Crippen molar-refractivity contribution in [3.8, 4) is 0 Å². The summed E-state index contributed by atoms with van der Waals surface area (Å²) in [6.45, 7) is 7.24. The van der Waals surface area contributed by atoms with Crippen LogP contribution >= 0.6 is 0 Å². The lowest BCUT2D eigenvalue weighted by atomic mass is 10.1. The lowest BCUT2D eigenvalue weighted by Gasteiger charge is -2.20. The van der Waals surface area contributed by atoms with Crippen LogP contribution in [0.5, 0.6) is 0 Å². The van der Waals surface area contributed by atoms with E-state index < -0.39 is 0 Å². The van der Waals surface area contributed by atoms with Gasteiger partial charge in [-0.15, -0.1) is 0 Å². The molecule has 2 aromatic rings. The SMILES string of the molecule is CCN(CC)C(=O)c1cc(C)nc2ccc(N)cc12. The van der Waals surface area contributed by atoms with Gasteiger partial charge in [0.2, 0.25) is 0 Å². The van der Waals surface area contributed by atoms with Crippen LogP contribution in [-0.2, 0) is 0 Å². The van der Waals surface area contributed by atoms with E-state index in [0.29, 0.717) is 24.3 Å². The number of aromatic nitrogens is 1. The molecule has 0 bridgehead atoms. The van der Waals surface area contributed by atoms with Crippen molar-refractivity contribution in [3.05, 3.63) is 35.5 Å². The minimum Gasteiger partial charge on any atom is -0.399 e. The number of pyridine rings is 1. The number of carbonyl (C=O) groups is 1. The van der Waals surface area contributed by atoms with Crippen LogP contribution in [0.1, 0.15) is 29.9 Å². The van der Waals surface area contributed by atoms with Crippen molar-refractivity contribution in [1.29, 1.82) is 0 Å². The molecule has 2 rings (SSSR count). The smallest absolute Gasteiger partial charge is 0.254 e. The predicted octanol–water partition coefficient (Wildman–Crippen LogP) is 2.61. The molecular formula is C15H19N3O. The lowest BCUT2D eigenvalue weighted by Crippen LogP contribution is -2.30. The number of benzene rings is 1. The van der Waals surface area contributed by atoms with E-state index in [4.69, 9.17) is 5.73 Å². The third kappa shape index (κ3) is 2.52. The Hall–Kier alpha value is -2.10. The van der Waals surface area contributed by atoms with Crippen molar-refractivity contribution in [3.63, 3.8) is 0 Å². The van der Waals surface area contributed by atoms with Gasteiger partial charge in [-0.05, 0) is 45.0 Å². The maximum atomic E-state index is 12.5. The molecular weight excluding hydrogens is 238 g/mol. The molecule has 0 aliphatic carbocycles. The maximum Gasteiger partial charge on any atom is 0.254 e. The van der Waals surface area contributed by atoms with E-state index in [0.717, 1.165) is 16.6 Å². The average molecular weight is 257 g/mol. The molecule has 1 aromatic carbocycles. The summed E-state index contributed by atoms with van der Waals surface area (Å²) >= 11 is 0. The second-order valence-electron chi connectivity index (χ2n) is 4.57. The summed E-state index contributed by atoms with van der Waals surface area (Å²) in [5, 5.41) is 0.822. The number of hydrogen-bond donors (Lipinski definition) is 1. The Morgan fingerprint density at radius 2 is 1.95 bits per heavy atom. The highest BCUT2D eigenvalue weighted by atomic mass is 16.2. The molecule has 1 aromatic heterocycles. The van der Waals surface area contributed by atoms with Crippen LogP contribution in [0.3, 0.4) is 0 Å². The molecule has 0 unspecified atom stereocenters. The molecule has 0 saturated carbocycles. The van der Waals surface area contributed by atoms with Gasteiger partial charge in [0.1, 0.15) is 0 Å². The molecule has 1 heterocycles. The van der Waals surface area contributed by atoms with Gasteiger partial charge in [-0.3, -0.25) is 9.78 Å². The molecule has 4 nitrogen and oxygen atoms in total. The molecule has 0 saturated heterocycles. The minimum atomic E-state index is 0.0334. The van der Waals surface area contributed by atoms with E-state index in [1.165, 1.54) is 0 Å². The van der Waals surface area contributed by atoms with E-state index in [1.807, 2.05) is 39.0 Å². The first kappa shape index (κ1) is 13.3. The molecule has 0 aliphatic heterocycles. The predicted molar refractivity (Wildman–Crippen MR) is 78.1 cm³/mol. The average Bonchev–Trinajstić information content (AvgIpc) is 2.39. The van der Waals surface area contributed by atoms with Gasteiger partial charge >= 0.3 is 0 Å². The van der Waals surface area contributed by atoms with Gasteiger partial charge < -0.3 is 10.6 Å². The topological polar surface area (TPSA) is 59.2 Å². The second kappa shape index (κ2) is 5.26. The van der Waals surface area contributed by atoms with Crippen molar-refractivity contribution in [2.24, 2.45) is 0 Å². The molecule has 1 amide bonds. The molecule has 0 fully saturated rings. The number of nitrogens with zero attached hydrogens (tertiary/aromatic N) is 2. The highest BCUT2D eigenvalue weighted by molar-refractivity contribution is 6.06. The molecule has 19 heavy (non-hydrogen) atoms. The van der Waals surface area contributed by atoms with Gasteiger partial charge in [0.15, 0.2) is 0 Å². The lowest BCUT2D eigenvalue weighted by molar-refractivity contribution is 0.0775. The number of hydrogen-bond acceptors (Lipinski definition) is 3. The van der Waals surface area contributed by atoms with E-state index in [2.05, 4.69) is 4.98 Å². The minimum absolute atomic E-state index is 0.0334. The number of nitrogens with two attached hydrogens (primary N) is 1. The quantitative estimate of drug-likeness (QED) is 0.860. The number of rotatable bonds is 3. The van der Waals surface area contributed by atoms with Crippen LogP contribution in [0.15, 0.2) is 24.3 Å². The summed E-state index contributed by atoms with van der Waals surface area (Å²) in [5.74, 6) is 0.0334. The largest absolute Gasteiger partial charge is 0.399 e. The Kier molecular flexibility index (Phi) is 3.69. The summed E-state index contributed by atoms with van der Waals surface area (Å²) in [5.41, 5.74) is 8.79. The van der Waals surface area contributed by atoms with Crippen LogP contribution in [0.25, 0.3) is 10.9 Å². The number of anilines is 1. The molecule has 0 aliphatic rings. The van der Waals surface area contributed by atoms with Crippen molar-refractivity contribution >= 4 is 22.5 Å². The van der Waals surface area contributed by atoms with Crippen LogP contribution in [-0.4, -0.2) is 28.9 Å². The Morgan fingerprint density at radius 3 is 2.58 bits per heavy atom. The summed E-state index contributed by atoms with van der Waals surface area (Å²) in [7, 11) is 0. The van der Waals surface area contributed by atoms with Crippen LogP contribution < -0.4 is 5.73 Å². The third-order valence-electron chi connectivity index (χ3n) is 3.24. The Morgan fingerprint density at radius 1 is 1.26 bits per heavy atom. The van der Waals surface area contributed by atoms with Crippen molar-refractivity contribution in [1.82, 2.24) is 9.88 Å². The second-order valence-corrected chi connectivity index (χ2v) is 4.57. The van der Waals surface area contributed by atoms with Crippen LogP contribution in [0.2, 0.25) is 0 Å². The van der Waals surface area contributed by atoms with E-state index in [9.17, 15) is 4.79 Å². The first-order valence-electron chi connectivity index (χ1n) is 6.53. The fourth-order valence-corrected chi connectivity index (χ4v) is 2.23. The number of fused-ring (bicyclic) bond motifs is 1. The Balaban J connectivity index is 2.64. The molecule has 4 heteroatoms.